The van der Waals surface area contributed by atoms with Crippen molar-refractivity contribution < 1.29 is 19.1 Å². The molecular formula is C21H28N2O4. The maximum Gasteiger partial charge on any atom is 0.311 e. The van der Waals surface area contributed by atoms with Crippen LogP contribution in [0.15, 0.2) is 24.5 Å². The molecule has 27 heavy (non-hydrogen) atoms. The van der Waals surface area contributed by atoms with E-state index in [-0.39, 0.29) is 35.4 Å². The van der Waals surface area contributed by atoms with Gasteiger partial charge in [0.15, 0.2) is 0 Å². The van der Waals surface area contributed by atoms with E-state index in [0.29, 0.717) is 25.3 Å². The van der Waals surface area contributed by atoms with Crippen LogP contribution in [0.3, 0.4) is 0 Å². The minimum atomic E-state index is -0.229. The molecule has 6 heteroatoms. The van der Waals surface area contributed by atoms with Gasteiger partial charge in [-0.1, -0.05) is 6.42 Å². The van der Waals surface area contributed by atoms with E-state index in [2.05, 4.69) is 4.98 Å². The monoisotopic (exact) mass is 372 g/mol. The molecule has 2 aliphatic carbocycles. The van der Waals surface area contributed by atoms with Crippen LogP contribution in [0.5, 0.6) is 0 Å². The average Bonchev–Trinajstić information content (AvgIpc) is 2.66. The molecule has 0 aromatic carbocycles. The van der Waals surface area contributed by atoms with Gasteiger partial charge in [0.25, 0.3) is 5.91 Å². The molecule has 0 radical (unpaired) electrons. The lowest BCUT2D eigenvalue weighted by Gasteiger charge is -2.59. The van der Waals surface area contributed by atoms with Crippen molar-refractivity contribution in [3.63, 3.8) is 0 Å². The van der Waals surface area contributed by atoms with Gasteiger partial charge in [0, 0.05) is 49.5 Å². The van der Waals surface area contributed by atoms with Gasteiger partial charge in [-0.25, -0.2) is 0 Å². The van der Waals surface area contributed by atoms with E-state index in [4.69, 9.17) is 9.47 Å². The van der Waals surface area contributed by atoms with Crippen LogP contribution in [0.4, 0.5) is 0 Å². The number of aromatic nitrogens is 1. The van der Waals surface area contributed by atoms with Gasteiger partial charge in [-0.3, -0.25) is 14.6 Å². The highest BCUT2D eigenvalue weighted by atomic mass is 16.6. The van der Waals surface area contributed by atoms with E-state index in [9.17, 15) is 9.59 Å². The fourth-order valence-electron chi connectivity index (χ4n) is 4.81. The average molecular weight is 372 g/mol. The highest BCUT2D eigenvalue weighted by molar-refractivity contribution is 5.94. The van der Waals surface area contributed by atoms with Crippen LogP contribution in [-0.2, 0) is 14.3 Å². The number of likely N-dealkylation sites (tertiary alicyclic amines) is 1. The Morgan fingerprint density at radius 3 is 2.67 bits per heavy atom. The zero-order valence-corrected chi connectivity index (χ0v) is 15.9. The number of piperidine rings is 1. The lowest BCUT2D eigenvalue weighted by Crippen LogP contribution is -2.63. The topological polar surface area (TPSA) is 68.7 Å². The largest absolute Gasteiger partial charge is 0.461 e. The van der Waals surface area contributed by atoms with Gasteiger partial charge in [-0.2, -0.15) is 0 Å². The van der Waals surface area contributed by atoms with Crippen LogP contribution >= 0.6 is 0 Å². The summed E-state index contributed by atoms with van der Waals surface area (Å²) in [5, 5.41) is 0. The van der Waals surface area contributed by atoms with Crippen molar-refractivity contribution in [2.45, 2.75) is 57.7 Å². The molecule has 3 aliphatic rings. The SMILES string of the molecule is CCO[C@@H]1C[C@H](OC(=O)[C@H]2CCCN(C(=O)c3ccncc3)C2)C12CCC2. The van der Waals surface area contributed by atoms with Crippen LogP contribution in [0.2, 0.25) is 0 Å². The molecule has 1 aromatic rings. The number of nitrogens with zero attached hydrogens (tertiary/aromatic N) is 2. The lowest BCUT2D eigenvalue weighted by atomic mass is 9.52. The Balaban J connectivity index is 1.35. The van der Waals surface area contributed by atoms with Gasteiger partial charge >= 0.3 is 5.97 Å². The number of amides is 1. The van der Waals surface area contributed by atoms with Crippen molar-refractivity contribution in [2.75, 3.05) is 19.7 Å². The number of rotatable bonds is 5. The number of hydrogen-bond acceptors (Lipinski definition) is 5. The van der Waals surface area contributed by atoms with Gasteiger partial charge in [0.2, 0.25) is 0 Å². The van der Waals surface area contributed by atoms with Crippen molar-refractivity contribution in [1.29, 1.82) is 0 Å². The Labute approximate surface area is 160 Å². The van der Waals surface area contributed by atoms with E-state index in [1.165, 1.54) is 6.42 Å². The first-order valence-corrected chi connectivity index (χ1v) is 10.2. The molecule has 1 aromatic heterocycles. The molecule has 1 saturated heterocycles. The minimum Gasteiger partial charge on any atom is -0.461 e. The fourth-order valence-corrected chi connectivity index (χ4v) is 4.81. The van der Waals surface area contributed by atoms with Gasteiger partial charge < -0.3 is 14.4 Å². The van der Waals surface area contributed by atoms with Crippen molar-refractivity contribution in [3.8, 4) is 0 Å². The van der Waals surface area contributed by atoms with E-state index in [1.54, 1.807) is 29.4 Å². The molecule has 0 unspecified atom stereocenters. The summed E-state index contributed by atoms with van der Waals surface area (Å²) in [5.41, 5.74) is 0.679. The molecule has 146 valence electrons. The summed E-state index contributed by atoms with van der Waals surface area (Å²) in [6, 6.07) is 3.43. The van der Waals surface area contributed by atoms with Crippen LogP contribution < -0.4 is 0 Å². The summed E-state index contributed by atoms with van der Waals surface area (Å²) < 4.78 is 11.8. The lowest BCUT2D eigenvalue weighted by molar-refractivity contribution is -0.241. The Hall–Kier alpha value is -1.95. The summed E-state index contributed by atoms with van der Waals surface area (Å²) in [5.74, 6) is -0.410. The third kappa shape index (κ3) is 3.35. The number of ether oxygens (including phenoxy) is 2. The van der Waals surface area contributed by atoms with Crippen LogP contribution in [0.25, 0.3) is 0 Å². The molecule has 6 nitrogen and oxygen atoms in total. The summed E-state index contributed by atoms with van der Waals surface area (Å²) in [4.78, 5) is 31.2. The second-order valence-electron chi connectivity index (χ2n) is 8.02. The molecule has 0 N–H and O–H groups in total. The number of pyridine rings is 1. The predicted molar refractivity (Wildman–Crippen MR) is 99.1 cm³/mol. The van der Waals surface area contributed by atoms with Crippen LogP contribution in [0, 0.1) is 11.3 Å². The zero-order chi connectivity index (χ0) is 18.9. The third-order valence-corrected chi connectivity index (χ3v) is 6.59. The summed E-state index contributed by atoms with van der Waals surface area (Å²) in [6.07, 6.45) is 9.26. The minimum absolute atomic E-state index is 0.0124. The molecule has 3 fully saturated rings. The summed E-state index contributed by atoms with van der Waals surface area (Å²) in [7, 11) is 0. The van der Waals surface area contributed by atoms with E-state index < -0.39 is 0 Å². The quantitative estimate of drug-likeness (QED) is 0.744. The Morgan fingerprint density at radius 2 is 2.00 bits per heavy atom. The first kappa shape index (κ1) is 18.4. The zero-order valence-electron chi connectivity index (χ0n) is 15.9. The van der Waals surface area contributed by atoms with Crippen molar-refractivity contribution in [1.82, 2.24) is 9.88 Å². The molecule has 4 rings (SSSR count). The molecule has 2 saturated carbocycles. The van der Waals surface area contributed by atoms with Gasteiger partial charge in [-0.05, 0) is 44.7 Å². The summed E-state index contributed by atoms with van der Waals surface area (Å²) in [6.45, 7) is 3.85. The number of carbonyl (C=O) groups excluding carboxylic acids is 2. The second-order valence-corrected chi connectivity index (χ2v) is 8.02. The Morgan fingerprint density at radius 1 is 1.22 bits per heavy atom. The molecule has 0 bridgehead atoms. The normalized spacial score (nSPS) is 28.9. The van der Waals surface area contributed by atoms with Crippen molar-refractivity contribution in [3.05, 3.63) is 30.1 Å². The van der Waals surface area contributed by atoms with Crippen molar-refractivity contribution in [2.24, 2.45) is 11.3 Å². The highest BCUT2D eigenvalue weighted by Gasteiger charge is 2.61. The maximum atomic E-state index is 12.8. The molecule has 2 heterocycles. The maximum absolute atomic E-state index is 12.8. The summed E-state index contributed by atoms with van der Waals surface area (Å²) >= 11 is 0. The van der Waals surface area contributed by atoms with Gasteiger partial charge in [0.1, 0.15) is 6.10 Å². The molecule has 1 amide bonds. The molecule has 3 atom stereocenters. The second kappa shape index (κ2) is 7.58. The first-order chi connectivity index (χ1) is 13.1. The van der Waals surface area contributed by atoms with Crippen LogP contribution in [-0.4, -0.2) is 53.7 Å². The number of carbonyl (C=O) groups is 2. The van der Waals surface area contributed by atoms with Crippen LogP contribution in [0.1, 0.15) is 55.8 Å². The first-order valence-electron chi connectivity index (χ1n) is 10.2. The Bertz CT molecular complexity index is 689. The molecule has 1 spiro atoms. The van der Waals surface area contributed by atoms with Gasteiger partial charge in [0.05, 0.1) is 12.0 Å². The van der Waals surface area contributed by atoms with Crippen molar-refractivity contribution >= 4 is 11.9 Å². The predicted octanol–water partition coefficient (Wildman–Crippen LogP) is 2.82. The van der Waals surface area contributed by atoms with Gasteiger partial charge in [-0.15, -0.1) is 0 Å². The van der Waals surface area contributed by atoms with E-state index in [0.717, 1.165) is 32.1 Å². The third-order valence-electron chi connectivity index (χ3n) is 6.59. The van der Waals surface area contributed by atoms with E-state index in [1.807, 2.05) is 6.92 Å². The fraction of sp³-hybridized carbons (Fsp3) is 0.667. The molecule has 1 aliphatic heterocycles. The standard InChI is InChI=1S/C21H28N2O4/c1-2-26-17-13-18(21(17)8-4-9-21)27-20(25)16-5-3-12-23(14-16)19(24)15-6-10-22-11-7-15/h6-7,10-11,16-18H,2-5,8-9,12-14H2,1H3/t16-,17+,18-/m0/s1. The smallest absolute Gasteiger partial charge is 0.311 e. The number of esters is 1. The number of hydrogen-bond donors (Lipinski definition) is 0. The highest BCUT2D eigenvalue weighted by Crippen LogP contribution is 2.58. The Kier molecular flexibility index (Phi) is 5.17. The molecular weight excluding hydrogens is 344 g/mol. The van der Waals surface area contributed by atoms with E-state index >= 15 is 0 Å².